The number of hydrogen-bond acceptors (Lipinski definition) is 15. The van der Waals surface area contributed by atoms with E-state index >= 15 is 0 Å². The molecule has 104 valence electrons. The molecule has 4 rings (SSSR count). The molecule has 4 aromatic heterocycles. The van der Waals surface area contributed by atoms with Gasteiger partial charge in [0.25, 0.3) is 0 Å². The van der Waals surface area contributed by atoms with Gasteiger partial charge in [-0.2, -0.15) is 4.37 Å². The molecule has 15 heteroatoms. The summed E-state index contributed by atoms with van der Waals surface area (Å²) in [7, 11) is 0. The zero-order valence-electron chi connectivity index (χ0n) is 9.44. The van der Waals surface area contributed by atoms with Crippen molar-refractivity contribution >= 4 is 23.3 Å². The van der Waals surface area contributed by atoms with Crippen molar-refractivity contribution in [2.45, 2.75) is 0 Å². The van der Waals surface area contributed by atoms with Crippen molar-refractivity contribution < 1.29 is 8.94 Å². The highest BCUT2D eigenvalue weighted by Crippen LogP contribution is 1.72. The first kappa shape index (κ1) is 15.2. The maximum Gasteiger partial charge on any atom is 0.235 e. The molecule has 0 unspecified atom stereocenters. The normalized spacial score (nSPS) is 8.00. The molecule has 0 spiro atoms. The Morgan fingerprint density at radius 3 is 1.90 bits per heavy atom. The van der Waals surface area contributed by atoms with Gasteiger partial charge >= 0.3 is 0 Å². The zero-order chi connectivity index (χ0) is 14.1. The van der Waals surface area contributed by atoms with Crippen LogP contribution in [-0.2, 0) is 0 Å². The summed E-state index contributed by atoms with van der Waals surface area (Å²) in [5.41, 5.74) is 1.57. The fourth-order valence-electron chi connectivity index (χ4n) is 0.452. The summed E-state index contributed by atoms with van der Waals surface area (Å²) >= 11 is 2.34. The van der Waals surface area contributed by atoms with Crippen LogP contribution >= 0.6 is 23.3 Å². The molecule has 0 aliphatic heterocycles. The first-order valence-corrected chi connectivity index (χ1v) is 5.99. The smallest absolute Gasteiger partial charge is 0.235 e. The van der Waals surface area contributed by atoms with Crippen LogP contribution in [0.1, 0.15) is 0 Å². The Morgan fingerprint density at radius 2 is 1.70 bits per heavy atom. The molecule has 0 N–H and O–H groups in total. The third-order valence-electron chi connectivity index (χ3n) is 0.971. The second kappa shape index (κ2) is 12.6. The number of aromatic nitrogens is 11. The van der Waals surface area contributed by atoms with Crippen molar-refractivity contribution in [3.8, 4) is 0 Å². The topological polar surface area (TPSA) is 168 Å². The Kier molecular flexibility index (Phi) is 9.64. The average Bonchev–Trinajstić information content (AvgIpc) is 3.40. The minimum Gasteiger partial charge on any atom is -0.431 e. The molecule has 0 amide bonds. The van der Waals surface area contributed by atoms with Crippen LogP contribution in [0.2, 0.25) is 0 Å². The van der Waals surface area contributed by atoms with E-state index in [0.29, 0.717) is 0 Å². The Bertz CT molecular complexity index is 364. The van der Waals surface area contributed by atoms with Crippen molar-refractivity contribution in [2.24, 2.45) is 0 Å². The van der Waals surface area contributed by atoms with E-state index in [1.165, 1.54) is 30.6 Å². The summed E-state index contributed by atoms with van der Waals surface area (Å²) in [5.74, 6) is 0. The van der Waals surface area contributed by atoms with Gasteiger partial charge in [0.05, 0.1) is 17.0 Å². The van der Waals surface area contributed by atoms with Gasteiger partial charge in [-0.05, 0) is 10.4 Å². The fourth-order valence-corrected chi connectivity index (χ4v) is 0.874. The van der Waals surface area contributed by atoms with Crippen molar-refractivity contribution in [1.29, 1.82) is 0 Å². The molecule has 0 aromatic carbocycles. The lowest BCUT2D eigenvalue weighted by Crippen LogP contribution is -1.61. The molecule has 0 bridgehead atoms. The van der Waals surface area contributed by atoms with E-state index in [1.54, 1.807) is 5.51 Å². The van der Waals surface area contributed by atoms with E-state index in [2.05, 4.69) is 63.5 Å². The average molecular weight is 315 g/mol. The minimum atomic E-state index is 1.10. The van der Waals surface area contributed by atoms with Crippen LogP contribution in [0.15, 0.2) is 40.0 Å². The highest BCUT2D eigenvalue weighted by Gasteiger charge is 1.63. The molecule has 0 fully saturated rings. The first-order chi connectivity index (χ1) is 10.0. The monoisotopic (exact) mass is 315 g/mol. The first-order valence-electron chi connectivity index (χ1n) is 4.42. The van der Waals surface area contributed by atoms with Gasteiger partial charge < -0.3 is 8.94 Å². The molecule has 4 aromatic rings. The molecule has 0 aliphatic carbocycles. The van der Waals surface area contributed by atoms with Crippen LogP contribution < -0.4 is 0 Å². The van der Waals surface area contributed by atoms with E-state index in [-0.39, 0.29) is 0 Å². The van der Waals surface area contributed by atoms with Crippen molar-refractivity contribution in [3.63, 3.8) is 0 Å². The fraction of sp³-hybridized carbons (Fsp3) is 0. The van der Waals surface area contributed by atoms with Crippen molar-refractivity contribution in [1.82, 2.24) is 54.5 Å². The third kappa shape index (κ3) is 10.4. The second-order valence-electron chi connectivity index (χ2n) is 2.07. The lowest BCUT2D eigenvalue weighted by atomic mass is 11.5. The number of nitrogens with zero attached hydrogens (tertiary/aromatic N) is 11. The predicted molar refractivity (Wildman–Crippen MR) is 61.8 cm³/mol. The van der Waals surface area contributed by atoms with Gasteiger partial charge in [0.1, 0.15) is 5.51 Å². The molecule has 0 saturated heterocycles. The maximum absolute atomic E-state index is 4.36. The van der Waals surface area contributed by atoms with Gasteiger partial charge in [-0.25, -0.2) is 0 Å². The lowest BCUT2D eigenvalue weighted by Gasteiger charge is -1.44. The van der Waals surface area contributed by atoms with Crippen molar-refractivity contribution in [3.05, 3.63) is 31.0 Å². The summed E-state index contributed by atoms with van der Waals surface area (Å²) in [6, 6.07) is 0. The van der Waals surface area contributed by atoms with Gasteiger partial charge in [-0.15, -0.1) is 20.4 Å². The Balaban J connectivity index is 0.000000133. The molecule has 0 atom stereocenters. The van der Waals surface area contributed by atoms with Crippen LogP contribution in [0.5, 0.6) is 0 Å². The van der Waals surface area contributed by atoms with E-state index in [1.807, 2.05) is 0 Å². The highest BCUT2D eigenvalue weighted by molar-refractivity contribution is 7.02. The molecule has 0 saturated carbocycles. The molecule has 0 aliphatic rings. The van der Waals surface area contributed by atoms with Crippen molar-refractivity contribution in [2.75, 3.05) is 0 Å². The predicted octanol–water partition coefficient (Wildman–Crippen LogP) is -0.600. The van der Waals surface area contributed by atoms with Crippen LogP contribution in [0.25, 0.3) is 0 Å². The Morgan fingerprint density at radius 1 is 0.800 bits per heavy atom. The Hall–Kier alpha value is -2.81. The Labute approximate surface area is 118 Å². The summed E-state index contributed by atoms with van der Waals surface area (Å²) in [4.78, 5) is 0. The number of hydrogen-bond donors (Lipinski definition) is 0. The molecular weight excluding hydrogens is 310 g/mol. The van der Waals surface area contributed by atoms with Gasteiger partial charge in [0.2, 0.25) is 19.2 Å². The van der Waals surface area contributed by atoms with Crippen LogP contribution in [0.4, 0.5) is 0 Å². The third-order valence-corrected chi connectivity index (χ3v) is 1.68. The van der Waals surface area contributed by atoms with Gasteiger partial charge in [0.15, 0.2) is 6.33 Å². The molecule has 13 nitrogen and oxygen atoms in total. The van der Waals surface area contributed by atoms with E-state index in [0.717, 1.165) is 18.1 Å². The minimum absolute atomic E-state index is 1.10. The molecular formula is C5H5N11O2S2. The van der Waals surface area contributed by atoms with Crippen LogP contribution in [-0.4, -0.2) is 54.5 Å². The van der Waals surface area contributed by atoms with Gasteiger partial charge in [0, 0.05) is 11.5 Å². The highest BCUT2D eigenvalue weighted by atomic mass is 32.1. The summed E-state index contributed by atoms with van der Waals surface area (Å²) in [6.45, 7) is 0. The lowest BCUT2D eigenvalue weighted by molar-refractivity contribution is 0.392. The molecule has 4 heterocycles. The molecule has 0 radical (unpaired) electrons. The van der Waals surface area contributed by atoms with Crippen LogP contribution in [0, 0.1) is 0 Å². The van der Waals surface area contributed by atoms with E-state index < -0.39 is 0 Å². The van der Waals surface area contributed by atoms with E-state index in [4.69, 9.17) is 0 Å². The summed E-state index contributed by atoms with van der Waals surface area (Å²) in [5, 5.41) is 25.8. The maximum atomic E-state index is 4.36. The zero-order valence-corrected chi connectivity index (χ0v) is 11.1. The summed E-state index contributed by atoms with van der Waals surface area (Å²) in [6.07, 6.45) is 5.09. The van der Waals surface area contributed by atoms with Gasteiger partial charge in [-0.1, -0.05) is 14.1 Å². The SMILES string of the molecule is c1nnco1.c1nnno1.c1nnns1.c1nnsn1. The molecule has 20 heavy (non-hydrogen) atoms. The van der Waals surface area contributed by atoms with E-state index in [9.17, 15) is 0 Å². The standard InChI is InChI=1S/C2H2N2O.CHN3O.2CHN3S/c1-3-4-2-5-1;2*1-2-3-4-5-1;1-2-4-5-3-1/h1-2H;3*1H. The summed E-state index contributed by atoms with van der Waals surface area (Å²) < 4.78 is 18.8. The second-order valence-corrected chi connectivity index (χ2v) is 3.19. The van der Waals surface area contributed by atoms with Crippen LogP contribution in [0.3, 0.4) is 0 Å². The van der Waals surface area contributed by atoms with Gasteiger partial charge in [-0.3, -0.25) is 0 Å². The quantitative estimate of drug-likeness (QED) is 0.403. The number of rotatable bonds is 0. The largest absolute Gasteiger partial charge is 0.431 e.